The Balaban J connectivity index is 2.56. The second-order valence-corrected chi connectivity index (χ2v) is 3.81. The highest BCUT2D eigenvalue weighted by molar-refractivity contribution is 5.86. The minimum absolute atomic E-state index is 0.650. The third-order valence-corrected chi connectivity index (χ3v) is 2.48. The number of rotatable bonds is 4. The molecule has 1 aromatic carbocycles. The molecular weight excluding hydrogens is 214 g/mol. The van der Waals surface area contributed by atoms with Crippen molar-refractivity contribution >= 4 is 10.9 Å². The maximum Gasteiger partial charge on any atom is 0.130 e. The van der Waals surface area contributed by atoms with Gasteiger partial charge in [-0.2, -0.15) is 0 Å². The topological polar surface area (TPSA) is 31.4 Å². The smallest absolute Gasteiger partial charge is 0.130 e. The van der Waals surface area contributed by atoms with Crippen LogP contribution in [-0.2, 0) is 0 Å². The number of nitrogens with zero attached hydrogens (tertiary/aromatic N) is 1. The normalized spacial score (nSPS) is 10.5. The average Bonchev–Trinajstić information content (AvgIpc) is 2.30. The molecule has 1 aromatic heterocycles. The van der Waals surface area contributed by atoms with E-state index < -0.39 is 0 Å². The Kier molecular flexibility index (Phi) is 3.47. The number of pyridine rings is 1. The molecule has 0 aliphatic rings. The van der Waals surface area contributed by atoms with Gasteiger partial charge in [0.05, 0.1) is 18.7 Å². The van der Waals surface area contributed by atoms with Crippen LogP contribution in [0.1, 0.15) is 19.5 Å². The van der Waals surface area contributed by atoms with Crippen molar-refractivity contribution < 1.29 is 9.47 Å². The van der Waals surface area contributed by atoms with Gasteiger partial charge in [0.25, 0.3) is 0 Å². The van der Waals surface area contributed by atoms with E-state index in [9.17, 15) is 0 Å². The fourth-order valence-corrected chi connectivity index (χ4v) is 1.83. The first-order valence-electron chi connectivity index (χ1n) is 5.91. The third kappa shape index (κ3) is 2.49. The Labute approximate surface area is 101 Å². The Morgan fingerprint density at radius 3 is 2.53 bits per heavy atom. The zero-order valence-electron chi connectivity index (χ0n) is 10.5. The van der Waals surface area contributed by atoms with Crippen LogP contribution in [0.2, 0.25) is 0 Å². The number of hydrogen-bond acceptors (Lipinski definition) is 3. The van der Waals surface area contributed by atoms with Crippen molar-refractivity contribution in [3.63, 3.8) is 0 Å². The summed E-state index contributed by atoms with van der Waals surface area (Å²) in [6, 6.07) is 7.85. The molecular formula is C14H17NO2. The second-order valence-electron chi connectivity index (χ2n) is 3.81. The van der Waals surface area contributed by atoms with E-state index in [1.165, 1.54) is 0 Å². The molecule has 3 heteroatoms. The maximum atomic E-state index is 5.64. The summed E-state index contributed by atoms with van der Waals surface area (Å²) < 4.78 is 11.1. The largest absolute Gasteiger partial charge is 0.494 e. The highest BCUT2D eigenvalue weighted by atomic mass is 16.5. The van der Waals surface area contributed by atoms with Crippen LogP contribution in [0.25, 0.3) is 10.9 Å². The molecule has 17 heavy (non-hydrogen) atoms. The number of aromatic nitrogens is 1. The van der Waals surface area contributed by atoms with E-state index in [2.05, 4.69) is 4.98 Å². The number of aryl methyl sites for hydroxylation is 1. The van der Waals surface area contributed by atoms with E-state index in [1.807, 2.05) is 45.0 Å². The van der Waals surface area contributed by atoms with Crippen LogP contribution >= 0.6 is 0 Å². The summed E-state index contributed by atoms with van der Waals surface area (Å²) >= 11 is 0. The quantitative estimate of drug-likeness (QED) is 0.808. The SMILES string of the molecule is CCOc1ccc2nc(C)cc(OCC)c2c1. The Morgan fingerprint density at radius 2 is 1.82 bits per heavy atom. The molecule has 0 atom stereocenters. The molecule has 0 fully saturated rings. The van der Waals surface area contributed by atoms with Crippen LogP contribution in [-0.4, -0.2) is 18.2 Å². The van der Waals surface area contributed by atoms with Crippen molar-refractivity contribution in [3.05, 3.63) is 30.0 Å². The van der Waals surface area contributed by atoms with Crippen molar-refractivity contribution in [2.45, 2.75) is 20.8 Å². The molecule has 2 rings (SSSR count). The van der Waals surface area contributed by atoms with E-state index in [4.69, 9.17) is 9.47 Å². The van der Waals surface area contributed by atoms with Crippen LogP contribution in [0.5, 0.6) is 11.5 Å². The molecule has 0 radical (unpaired) electrons. The molecule has 90 valence electrons. The zero-order valence-corrected chi connectivity index (χ0v) is 10.5. The minimum Gasteiger partial charge on any atom is -0.494 e. The molecule has 0 unspecified atom stereocenters. The fraction of sp³-hybridized carbons (Fsp3) is 0.357. The monoisotopic (exact) mass is 231 g/mol. The first kappa shape index (κ1) is 11.7. The van der Waals surface area contributed by atoms with Crippen LogP contribution in [0.4, 0.5) is 0 Å². The van der Waals surface area contributed by atoms with Gasteiger partial charge < -0.3 is 9.47 Å². The maximum absolute atomic E-state index is 5.64. The van der Waals surface area contributed by atoms with Gasteiger partial charge in [-0.05, 0) is 39.0 Å². The summed E-state index contributed by atoms with van der Waals surface area (Å²) in [5.41, 5.74) is 1.90. The molecule has 2 aromatic rings. The summed E-state index contributed by atoms with van der Waals surface area (Å²) in [6.07, 6.45) is 0. The Morgan fingerprint density at radius 1 is 1.06 bits per heavy atom. The minimum atomic E-state index is 0.650. The van der Waals surface area contributed by atoms with Gasteiger partial charge in [0.15, 0.2) is 0 Å². The fourth-order valence-electron chi connectivity index (χ4n) is 1.83. The lowest BCUT2D eigenvalue weighted by Gasteiger charge is -2.10. The first-order chi connectivity index (χ1) is 8.24. The van der Waals surface area contributed by atoms with Gasteiger partial charge in [-0.1, -0.05) is 0 Å². The predicted molar refractivity (Wildman–Crippen MR) is 68.8 cm³/mol. The van der Waals surface area contributed by atoms with E-state index in [0.717, 1.165) is 28.1 Å². The van der Waals surface area contributed by atoms with Crippen molar-refractivity contribution in [2.75, 3.05) is 13.2 Å². The molecule has 0 amide bonds. The summed E-state index contributed by atoms with van der Waals surface area (Å²) in [5, 5.41) is 1.00. The average molecular weight is 231 g/mol. The van der Waals surface area contributed by atoms with Gasteiger partial charge in [-0.3, -0.25) is 4.98 Å². The van der Waals surface area contributed by atoms with Crippen LogP contribution in [0, 0.1) is 6.92 Å². The van der Waals surface area contributed by atoms with Crippen LogP contribution in [0.3, 0.4) is 0 Å². The molecule has 0 saturated carbocycles. The van der Waals surface area contributed by atoms with Crippen LogP contribution in [0.15, 0.2) is 24.3 Å². The summed E-state index contributed by atoms with van der Waals surface area (Å²) in [7, 11) is 0. The third-order valence-electron chi connectivity index (χ3n) is 2.48. The zero-order chi connectivity index (χ0) is 12.3. The van der Waals surface area contributed by atoms with E-state index in [-0.39, 0.29) is 0 Å². The lowest BCUT2D eigenvalue weighted by molar-refractivity contribution is 0.338. The Bertz CT molecular complexity index is 523. The van der Waals surface area contributed by atoms with Gasteiger partial charge in [-0.15, -0.1) is 0 Å². The molecule has 0 saturated heterocycles. The molecule has 1 heterocycles. The van der Waals surface area contributed by atoms with Crippen LogP contribution < -0.4 is 9.47 Å². The lowest BCUT2D eigenvalue weighted by Crippen LogP contribution is -1.96. The van der Waals surface area contributed by atoms with Gasteiger partial charge in [0.2, 0.25) is 0 Å². The highest BCUT2D eigenvalue weighted by Crippen LogP contribution is 2.29. The molecule has 0 spiro atoms. The first-order valence-corrected chi connectivity index (χ1v) is 5.91. The van der Waals surface area contributed by atoms with Crippen molar-refractivity contribution in [1.29, 1.82) is 0 Å². The van der Waals surface area contributed by atoms with Gasteiger partial charge >= 0.3 is 0 Å². The molecule has 0 aliphatic carbocycles. The van der Waals surface area contributed by atoms with Gasteiger partial charge in [0, 0.05) is 17.1 Å². The summed E-state index contributed by atoms with van der Waals surface area (Å²) in [6.45, 7) is 7.24. The van der Waals surface area contributed by atoms with Gasteiger partial charge in [0.1, 0.15) is 11.5 Å². The lowest BCUT2D eigenvalue weighted by atomic mass is 10.1. The van der Waals surface area contributed by atoms with Crippen molar-refractivity contribution in [2.24, 2.45) is 0 Å². The standard InChI is InChI=1S/C14H17NO2/c1-4-16-11-6-7-13-12(9-11)14(17-5-2)8-10(3)15-13/h6-9H,4-5H2,1-3H3. The predicted octanol–water partition coefficient (Wildman–Crippen LogP) is 3.34. The van der Waals surface area contributed by atoms with E-state index in [1.54, 1.807) is 0 Å². The number of benzene rings is 1. The molecule has 0 bridgehead atoms. The summed E-state index contributed by atoms with van der Waals surface area (Å²) in [4.78, 5) is 4.48. The van der Waals surface area contributed by atoms with Crippen molar-refractivity contribution in [1.82, 2.24) is 4.98 Å². The Hall–Kier alpha value is -1.77. The van der Waals surface area contributed by atoms with E-state index in [0.29, 0.717) is 13.2 Å². The molecule has 0 N–H and O–H groups in total. The van der Waals surface area contributed by atoms with Gasteiger partial charge in [-0.25, -0.2) is 0 Å². The number of hydrogen-bond donors (Lipinski definition) is 0. The second kappa shape index (κ2) is 5.04. The number of fused-ring (bicyclic) bond motifs is 1. The number of ether oxygens (including phenoxy) is 2. The van der Waals surface area contributed by atoms with E-state index >= 15 is 0 Å². The summed E-state index contributed by atoms with van der Waals surface area (Å²) in [5.74, 6) is 1.73. The highest BCUT2D eigenvalue weighted by Gasteiger charge is 2.06. The molecule has 3 nitrogen and oxygen atoms in total. The van der Waals surface area contributed by atoms with Crippen molar-refractivity contribution in [3.8, 4) is 11.5 Å². The molecule has 0 aliphatic heterocycles.